The minimum Gasteiger partial charge on any atom is -0.475 e. The van der Waals surface area contributed by atoms with E-state index >= 15 is 0 Å². The zero-order valence-corrected chi connectivity index (χ0v) is 18.8. The summed E-state index contributed by atoms with van der Waals surface area (Å²) in [5, 5.41) is 10.3. The van der Waals surface area contributed by atoms with Crippen molar-refractivity contribution in [3.8, 4) is 0 Å². The number of rotatable bonds is 3. The number of carbonyl (C=O) groups excluding carboxylic acids is 1. The number of hydrogen-bond donors (Lipinski definition) is 2. The van der Waals surface area contributed by atoms with Crippen LogP contribution >= 0.6 is 11.3 Å². The van der Waals surface area contributed by atoms with Crippen molar-refractivity contribution in [2.24, 2.45) is 0 Å². The number of aliphatic carboxylic acids is 1. The number of thiophene rings is 1. The van der Waals surface area contributed by atoms with Gasteiger partial charge in [0, 0.05) is 56.1 Å². The zero-order chi connectivity index (χ0) is 23.2. The molecule has 0 saturated carbocycles. The van der Waals surface area contributed by atoms with Crippen LogP contribution in [0, 0.1) is 6.92 Å². The smallest absolute Gasteiger partial charge is 0.475 e. The number of aryl methyl sites for hydroxylation is 1. The molecule has 3 heterocycles. The van der Waals surface area contributed by atoms with E-state index in [0.717, 1.165) is 51.9 Å². The molecule has 1 atom stereocenters. The molecule has 176 valence electrons. The molecule has 2 N–H and O–H groups in total. The fourth-order valence-corrected chi connectivity index (χ4v) is 4.65. The number of nitrogens with zero attached hydrogens (tertiary/aromatic N) is 2. The molecule has 2 amide bonds. The minimum atomic E-state index is -5.08. The van der Waals surface area contributed by atoms with Crippen LogP contribution in [-0.2, 0) is 16.1 Å². The second-order valence-electron chi connectivity index (χ2n) is 8.16. The Morgan fingerprint density at radius 3 is 2.42 bits per heavy atom. The summed E-state index contributed by atoms with van der Waals surface area (Å²) in [6.07, 6.45) is -1.10. The number of alkyl halides is 3. The molecule has 2 aliphatic rings. The number of carbonyl (C=O) groups is 2. The van der Waals surface area contributed by atoms with E-state index in [9.17, 15) is 18.0 Å². The Kier molecular flexibility index (Phi) is 8.73. The van der Waals surface area contributed by atoms with Gasteiger partial charge < -0.3 is 20.1 Å². The molecule has 0 aromatic carbocycles. The highest BCUT2D eigenvalue weighted by Gasteiger charge is 2.41. The maximum Gasteiger partial charge on any atom is 0.490 e. The molecule has 7 nitrogen and oxygen atoms in total. The molecular weight excluding hydrogens is 435 g/mol. The number of carboxylic acids is 1. The van der Waals surface area contributed by atoms with Gasteiger partial charge in [0.25, 0.3) is 0 Å². The fraction of sp³-hybridized carbons (Fsp3) is 0.700. The van der Waals surface area contributed by atoms with Crippen molar-refractivity contribution < 1.29 is 32.6 Å². The highest BCUT2D eigenvalue weighted by molar-refractivity contribution is 7.11. The number of likely N-dealkylation sites (tertiary alicyclic amines) is 1. The first-order valence-electron chi connectivity index (χ1n) is 10.1. The Hall–Kier alpha value is -1.85. The van der Waals surface area contributed by atoms with Crippen LogP contribution in [0.3, 0.4) is 0 Å². The first-order chi connectivity index (χ1) is 14.4. The summed E-state index contributed by atoms with van der Waals surface area (Å²) < 4.78 is 37.9. The van der Waals surface area contributed by atoms with Crippen LogP contribution in [0.5, 0.6) is 0 Å². The zero-order valence-electron chi connectivity index (χ0n) is 18.0. The maximum absolute atomic E-state index is 11.9. The molecule has 31 heavy (non-hydrogen) atoms. The molecule has 2 fully saturated rings. The first-order valence-corrected chi connectivity index (χ1v) is 10.9. The number of piperidine rings is 1. The van der Waals surface area contributed by atoms with Gasteiger partial charge in [0.1, 0.15) is 0 Å². The predicted molar refractivity (Wildman–Crippen MR) is 111 cm³/mol. The summed E-state index contributed by atoms with van der Waals surface area (Å²) in [7, 11) is 3.57. The molecule has 1 unspecified atom stereocenters. The van der Waals surface area contributed by atoms with Crippen molar-refractivity contribution in [3.05, 3.63) is 21.9 Å². The molecule has 0 aliphatic carbocycles. The van der Waals surface area contributed by atoms with E-state index in [1.54, 1.807) is 19.0 Å². The Labute approximate surface area is 184 Å². The van der Waals surface area contributed by atoms with Gasteiger partial charge in [-0.3, -0.25) is 4.90 Å². The lowest BCUT2D eigenvalue weighted by molar-refractivity contribution is -0.192. The van der Waals surface area contributed by atoms with Gasteiger partial charge in [0.2, 0.25) is 0 Å². The number of nitrogens with one attached hydrogen (secondary N) is 1. The molecule has 1 aromatic rings. The minimum absolute atomic E-state index is 0.00236. The Morgan fingerprint density at radius 1 is 1.32 bits per heavy atom. The SMILES string of the molecule is Cc1ccc(CN2CCC3(CC2)CC(NC(=O)N(C)C)CCO3)s1.O=C(O)C(F)(F)F. The standard InChI is InChI=1S/C18H29N3O2S.C2HF3O2/c1-14-4-5-16(24-14)13-21-9-7-18(8-10-21)12-15(6-11-23-18)19-17(22)20(2)3;3-2(4,5)1(6)7/h4-5,15H,6-13H2,1-3H3,(H,19,22);(H,6,7). The largest absolute Gasteiger partial charge is 0.490 e. The lowest BCUT2D eigenvalue weighted by Gasteiger charge is -2.46. The lowest BCUT2D eigenvalue weighted by atomic mass is 9.82. The van der Waals surface area contributed by atoms with Crippen LogP contribution in [0.4, 0.5) is 18.0 Å². The molecule has 0 bridgehead atoms. The van der Waals surface area contributed by atoms with Gasteiger partial charge in [0.05, 0.1) is 5.60 Å². The third-order valence-electron chi connectivity index (χ3n) is 5.41. The highest BCUT2D eigenvalue weighted by Crippen LogP contribution is 2.35. The van der Waals surface area contributed by atoms with E-state index in [1.807, 2.05) is 11.3 Å². The van der Waals surface area contributed by atoms with Crippen LogP contribution < -0.4 is 5.32 Å². The fourth-order valence-electron chi connectivity index (χ4n) is 3.71. The van der Waals surface area contributed by atoms with Crippen molar-refractivity contribution in [1.82, 2.24) is 15.1 Å². The summed E-state index contributed by atoms with van der Waals surface area (Å²) in [6.45, 7) is 6.12. The van der Waals surface area contributed by atoms with Crippen LogP contribution in [0.1, 0.15) is 35.4 Å². The predicted octanol–water partition coefficient (Wildman–Crippen LogP) is 3.47. The van der Waals surface area contributed by atoms with Gasteiger partial charge in [-0.25, -0.2) is 9.59 Å². The van der Waals surface area contributed by atoms with Crippen molar-refractivity contribution >= 4 is 23.3 Å². The van der Waals surface area contributed by atoms with Crippen molar-refractivity contribution in [2.45, 2.75) is 57.0 Å². The lowest BCUT2D eigenvalue weighted by Crippen LogP contribution is -2.54. The Morgan fingerprint density at radius 2 is 1.94 bits per heavy atom. The number of hydrogen-bond acceptors (Lipinski definition) is 5. The molecule has 1 aromatic heterocycles. The van der Waals surface area contributed by atoms with Gasteiger partial charge in [0.15, 0.2) is 0 Å². The van der Waals surface area contributed by atoms with E-state index < -0.39 is 12.1 Å². The van der Waals surface area contributed by atoms with Gasteiger partial charge >= 0.3 is 18.2 Å². The molecule has 1 spiro atoms. The third kappa shape index (κ3) is 7.97. The summed E-state index contributed by atoms with van der Waals surface area (Å²) >= 11 is 1.89. The number of amides is 2. The van der Waals surface area contributed by atoms with E-state index in [-0.39, 0.29) is 17.7 Å². The monoisotopic (exact) mass is 465 g/mol. The van der Waals surface area contributed by atoms with Crippen molar-refractivity contribution in [2.75, 3.05) is 33.8 Å². The van der Waals surface area contributed by atoms with E-state index in [2.05, 4.69) is 29.3 Å². The van der Waals surface area contributed by atoms with E-state index in [4.69, 9.17) is 14.6 Å². The van der Waals surface area contributed by atoms with Gasteiger partial charge in [-0.15, -0.1) is 11.3 Å². The number of halogens is 3. The number of urea groups is 1. The summed E-state index contributed by atoms with van der Waals surface area (Å²) in [6, 6.07) is 4.69. The Bertz CT molecular complexity index is 746. The Balaban J connectivity index is 0.000000423. The summed E-state index contributed by atoms with van der Waals surface area (Å²) in [5.74, 6) is -2.76. The molecule has 2 saturated heterocycles. The number of ether oxygens (including phenoxy) is 1. The molecular formula is C20H30F3N3O4S. The van der Waals surface area contributed by atoms with E-state index in [0.29, 0.717) is 0 Å². The first kappa shape index (κ1) is 25.4. The van der Waals surface area contributed by atoms with Crippen LogP contribution in [0.2, 0.25) is 0 Å². The average Bonchev–Trinajstić information content (AvgIpc) is 3.08. The molecule has 3 rings (SSSR count). The molecule has 0 radical (unpaired) electrons. The van der Waals surface area contributed by atoms with Crippen molar-refractivity contribution in [1.29, 1.82) is 0 Å². The highest BCUT2D eigenvalue weighted by atomic mass is 32.1. The topological polar surface area (TPSA) is 82.1 Å². The quantitative estimate of drug-likeness (QED) is 0.715. The average molecular weight is 466 g/mol. The van der Waals surface area contributed by atoms with Crippen LogP contribution in [-0.4, -0.2) is 78.5 Å². The van der Waals surface area contributed by atoms with Crippen LogP contribution in [0.15, 0.2) is 12.1 Å². The van der Waals surface area contributed by atoms with Crippen LogP contribution in [0.25, 0.3) is 0 Å². The molecule has 2 aliphatic heterocycles. The second-order valence-corrected chi connectivity index (χ2v) is 9.53. The van der Waals surface area contributed by atoms with Crippen molar-refractivity contribution in [3.63, 3.8) is 0 Å². The second kappa shape index (κ2) is 10.6. The normalized spacial score (nSPS) is 21.2. The maximum atomic E-state index is 11.9. The number of carboxylic acid groups (broad SMARTS) is 1. The summed E-state index contributed by atoms with van der Waals surface area (Å²) in [5.41, 5.74) is -0.0373. The molecule has 11 heteroatoms. The third-order valence-corrected chi connectivity index (χ3v) is 6.40. The van der Waals surface area contributed by atoms with Gasteiger partial charge in [-0.2, -0.15) is 13.2 Å². The summed E-state index contributed by atoms with van der Waals surface area (Å²) in [4.78, 5) is 27.8. The van der Waals surface area contributed by atoms with E-state index in [1.165, 1.54) is 9.75 Å². The van der Waals surface area contributed by atoms with Gasteiger partial charge in [-0.1, -0.05) is 0 Å². The van der Waals surface area contributed by atoms with Gasteiger partial charge in [-0.05, 0) is 44.7 Å².